The van der Waals surface area contributed by atoms with Crippen molar-refractivity contribution in [1.29, 1.82) is 5.26 Å². The maximum atomic E-state index is 12.8. The molecule has 0 unspecified atom stereocenters. The predicted octanol–water partition coefficient (Wildman–Crippen LogP) is 2.95. The third kappa shape index (κ3) is 3.75. The number of carbonyl (C=O) groups is 3. The fraction of sp³-hybridized carbons (Fsp3) is 0.474. The number of imide groups is 1. The number of nitrogens with zero attached hydrogens (tertiary/aromatic N) is 2. The smallest absolute Gasteiger partial charge is 0.244 e. The van der Waals surface area contributed by atoms with Gasteiger partial charge in [-0.05, 0) is 25.0 Å². The van der Waals surface area contributed by atoms with Crippen LogP contribution in [-0.4, -0.2) is 34.9 Å². The summed E-state index contributed by atoms with van der Waals surface area (Å²) < 4.78 is 0. The highest BCUT2D eigenvalue weighted by atomic mass is 32.2. The van der Waals surface area contributed by atoms with Crippen molar-refractivity contribution in [3.8, 4) is 6.07 Å². The average molecular weight is 371 g/mol. The van der Waals surface area contributed by atoms with Crippen molar-refractivity contribution in [2.75, 3.05) is 17.6 Å². The van der Waals surface area contributed by atoms with Crippen LogP contribution in [0.3, 0.4) is 0 Å². The summed E-state index contributed by atoms with van der Waals surface area (Å²) in [6.45, 7) is -0.253. The molecule has 3 amide bonds. The molecule has 1 saturated carbocycles. The minimum atomic E-state index is -0.573. The van der Waals surface area contributed by atoms with Crippen molar-refractivity contribution in [2.24, 2.45) is 5.41 Å². The van der Waals surface area contributed by atoms with E-state index in [2.05, 4.69) is 11.4 Å². The minimum Gasteiger partial charge on any atom is -0.324 e. The van der Waals surface area contributed by atoms with Gasteiger partial charge >= 0.3 is 0 Å². The van der Waals surface area contributed by atoms with Crippen molar-refractivity contribution in [3.63, 3.8) is 0 Å². The van der Waals surface area contributed by atoms with Crippen LogP contribution >= 0.6 is 11.8 Å². The minimum absolute atomic E-state index is 0.190. The second-order valence-electron chi connectivity index (χ2n) is 6.79. The van der Waals surface area contributed by atoms with Crippen molar-refractivity contribution < 1.29 is 14.4 Å². The van der Waals surface area contributed by atoms with E-state index in [4.69, 9.17) is 5.26 Å². The standard InChI is InChI=1S/C19H21N3O3S/c20-10-11-26-15-7-3-2-6-14(15)21-16(23)13-22-17(24)12-19(18(22)25)8-4-1-5-9-19/h2-3,6-7H,1,4-5,8-9,11-13H2,(H,21,23). The van der Waals surface area contributed by atoms with Crippen molar-refractivity contribution in [3.05, 3.63) is 24.3 Å². The lowest BCUT2D eigenvalue weighted by molar-refractivity contribution is -0.144. The summed E-state index contributed by atoms with van der Waals surface area (Å²) in [7, 11) is 0. The molecule has 7 heteroatoms. The third-order valence-electron chi connectivity index (χ3n) is 5.06. The summed E-state index contributed by atoms with van der Waals surface area (Å²) in [5.41, 5.74) is 0.0140. The highest BCUT2D eigenvalue weighted by Gasteiger charge is 2.51. The molecule has 26 heavy (non-hydrogen) atoms. The van der Waals surface area contributed by atoms with Gasteiger partial charge in [0.2, 0.25) is 17.7 Å². The van der Waals surface area contributed by atoms with Crippen LogP contribution < -0.4 is 5.32 Å². The van der Waals surface area contributed by atoms with Crippen LogP contribution in [0.5, 0.6) is 0 Å². The average Bonchev–Trinajstić information content (AvgIpc) is 2.85. The topological polar surface area (TPSA) is 90.3 Å². The van der Waals surface area contributed by atoms with E-state index in [1.807, 2.05) is 12.1 Å². The molecular formula is C19H21N3O3S. The zero-order chi connectivity index (χ0) is 18.6. The lowest BCUT2D eigenvalue weighted by Gasteiger charge is -2.30. The largest absolute Gasteiger partial charge is 0.324 e. The quantitative estimate of drug-likeness (QED) is 0.635. The van der Waals surface area contributed by atoms with Crippen LogP contribution in [0.15, 0.2) is 29.2 Å². The second kappa shape index (κ2) is 7.92. The monoisotopic (exact) mass is 371 g/mol. The van der Waals surface area contributed by atoms with Gasteiger partial charge in [0.25, 0.3) is 0 Å². The van der Waals surface area contributed by atoms with E-state index in [0.29, 0.717) is 5.69 Å². The molecule has 0 bridgehead atoms. The molecule has 2 fully saturated rings. The number of nitriles is 1. The number of thioether (sulfide) groups is 1. The maximum Gasteiger partial charge on any atom is 0.244 e. The Morgan fingerprint density at radius 2 is 1.96 bits per heavy atom. The number of para-hydroxylation sites is 1. The van der Waals surface area contributed by atoms with Gasteiger partial charge in [0, 0.05) is 11.3 Å². The summed E-state index contributed by atoms with van der Waals surface area (Å²) in [4.78, 5) is 39.4. The highest BCUT2D eigenvalue weighted by Crippen LogP contribution is 2.45. The summed E-state index contributed by atoms with van der Waals surface area (Å²) in [6.07, 6.45) is 4.73. The molecule has 1 aromatic carbocycles. The van der Waals surface area contributed by atoms with E-state index in [1.54, 1.807) is 12.1 Å². The Morgan fingerprint density at radius 1 is 1.23 bits per heavy atom. The Labute approximate surface area is 156 Å². The van der Waals surface area contributed by atoms with Gasteiger partial charge in [0.1, 0.15) is 6.54 Å². The number of hydrogen-bond acceptors (Lipinski definition) is 5. The Balaban J connectivity index is 1.66. The van der Waals surface area contributed by atoms with Crippen molar-refractivity contribution in [2.45, 2.75) is 43.4 Å². The SMILES string of the molecule is N#CCSc1ccccc1NC(=O)CN1C(=O)CC2(CCCCC2)C1=O. The van der Waals surface area contributed by atoms with E-state index in [0.717, 1.165) is 41.9 Å². The van der Waals surface area contributed by atoms with Gasteiger partial charge in [-0.3, -0.25) is 19.3 Å². The molecule has 1 spiro atoms. The number of likely N-dealkylation sites (tertiary alicyclic amines) is 1. The maximum absolute atomic E-state index is 12.8. The first-order chi connectivity index (χ1) is 12.6. The number of anilines is 1. The lowest BCUT2D eigenvalue weighted by atomic mass is 9.73. The molecule has 136 valence electrons. The van der Waals surface area contributed by atoms with Gasteiger partial charge in [0.15, 0.2) is 0 Å². The molecule has 1 heterocycles. The normalized spacial score (nSPS) is 18.8. The summed E-state index contributed by atoms with van der Waals surface area (Å²) in [6, 6.07) is 9.23. The van der Waals surface area contributed by atoms with Crippen LogP contribution in [0.4, 0.5) is 5.69 Å². The van der Waals surface area contributed by atoms with Crippen molar-refractivity contribution >= 4 is 35.2 Å². The Morgan fingerprint density at radius 3 is 2.69 bits per heavy atom. The molecule has 1 aromatic rings. The number of amides is 3. The molecule has 2 aliphatic rings. The van der Waals surface area contributed by atoms with Gasteiger partial charge in [-0.2, -0.15) is 5.26 Å². The third-order valence-corrected chi connectivity index (χ3v) is 6.00. The molecule has 1 aliphatic carbocycles. The lowest BCUT2D eigenvalue weighted by Crippen LogP contribution is -2.41. The number of benzene rings is 1. The molecule has 3 rings (SSSR count). The van der Waals surface area contributed by atoms with Crippen LogP contribution in [-0.2, 0) is 14.4 Å². The predicted molar refractivity (Wildman–Crippen MR) is 98.3 cm³/mol. The number of rotatable bonds is 5. The molecule has 1 N–H and O–H groups in total. The molecule has 0 radical (unpaired) electrons. The summed E-state index contributed by atoms with van der Waals surface area (Å²) >= 11 is 1.33. The first-order valence-corrected chi connectivity index (χ1v) is 9.78. The molecule has 0 atom stereocenters. The van der Waals surface area contributed by atoms with Crippen LogP contribution in [0.25, 0.3) is 0 Å². The number of carbonyl (C=O) groups excluding carboxylic acids is 3. The molecule has 6 nitrogen and oxygen atoms in total. The number of nitrogens with one attached hydrogen (secondary N) is 1. The van der Waals surface area contributed by atoms with Gasteiger partial charge < -0.3 is 5.32 Å². The van der Waals surface area contributed by atoms with E-state index in [9.17, 15) is 14.4 Å². The van der Waals surface area contributed by atoms with E-state index >= 15 is 0 Å². The van der Waals surface area contributed by atoms with E-state index in [-0.39, 0.29) is 30.5 Å². The fourth-order valence-corrected chi connectivity index (χ4v) is 4.45. The zero-order valence-electron chi connectivity index (χ0n) is 14.5. The van der Waals surface area contributed by atoms with Crippen LogP contribution in [0.2, 0.25) is 0 Å². The first kappa shape index (κ1) is 18.5. The zero-order valence-corrected chi connectivity index (χ0v) is 15.3. The van der Waals surface area contributed by atoms with E-state index in [1.165, 1.54) is 11.8 Å². The summed E-state index contributed by atoms with van der Waals surface area (Å²) in [5, 5.41) is 11.5. The number of hydrogen-bond donors (Lipinski definition) is 1. The molecular weight excluding hydrogens is 350 g/mol. The molecule has 0 aromatic heterocycles. The first-order valence-electron chi connectivity index (χ1n) is 8.79. The van der Waals surface area contributed by atoms with Crippen LogP contribution in [0, 0.1) is 16.7 Å². The highest BCUT2D eigenvalue weighted by molar-refractivity contribution is 7.99. The van der Waals surface area contributed by atoms with Crippen LogP contribution in [0.1, 0.15) is 38.5 Å². The van der Waals surface area contributed by atoms with Gasteiger partial charge in [-0.15, -0.1) is 11.8 Å². The Hall–Kier alpha value is -2.33. The van der Waals surface area contributed by atoms with Gasteiger partial charge in [-0.25, -0.2) is 0 Å². The summed E-state index contributed by atoms with van der Waals surface area (Å²) in [5.74, 6) is -0.563. The Bertz CT molecular complexity index is 766. The fourth-order valence-electron chi connectivity index (χ4n) is 3.78. The van der Waals surface area contributed by atoms with Gasteiger partial charge in [-0.1, -0.05) is 31.4 Å². The van der Waals surface area contributed by atoms with Gasteiger partial charge in [0.05, 0.1) is 22.9 Å². The molecule has 1 aliphatic heterocycles. The Kier molecular flexibility index (Phi) is 5.62. The van der Waals surface area contributed by atoms with Crippen molar-refractivity contribution in [1.82, 2.24) is 4.90 Å². The van der Waals surface area contributed by atoms with E-state index < -0.39 is 11.3 Å². The molecule has 1 saturated heterocycles. The second-order valence-corrected chi connectivity index (χ2v) is 7.81.